The predicted molar refractivity (Wildman–Crippen MR) is 74.6 cm³/mol. The van der Waals surface area contributed by atoms with Gasteiger partial charge in [-0.05, 0) is 44.5 Å². The van der Waals surface area contributed by atoms with Gasteiger partial charge in [0, 0.05) is 19.3 Å². The molecule has 1 atom stereocenters. The van der Waals surface area contributed by atoms with Crippen LogP contribution in [0, 0.1) is 5.92 Å². The number of alkyl halides is 3. The van der Waals surface area contributed by atoms with E-state index < -0.39 is 21.9 Å². The number of rotatable bonds is 4. The molecule has 5 nitrogen and oxygen atoms in total. The second-order valence-corrected chi connectivity index (χ2v) is 7.24. The zero-order valence-electron chi connectivity index (χ0n) is 12.1. The minimum atomic E-state index is -4.58. The molecule has 0 amide bonds. The molecule has 1 aliphatic rings. The molecule has 0 bridgehead atoms. The van der Waals surface area contributed by atoms with Crippen molar-refractivity contribution in [2.45, 2.75) is 23.9 Å². The fraction of sp³-hybridized carbons (Fsp3) is 0.615. The van der Waals surface area contributed by atoms with Gasteiger partial charge in [-0.2, -0.15) is 17.5 Å². The molecule has 1 N–H and O–H groups in total. The lowest BCUT2D eigenvalue weighted by Crippen LogP contribution is -2.42. The summed E-state index contributed by atoms with van der Waals surface area (Å²) in [7, 11) is -2.00. The van der Waals surface area contributed by atoms with Crippen molar-refractivity contribution in [1.29, 1.82) is 0 Å². The van der Waals surface area contributed by atoms with Crippen LogP contribution in [-0.4, -0.2) is 44.4 Å². The number of aromatic nitrogens is 1. The van der Waals surface area contributed by atoms with Gasteiger partial charge in [0.15, 0.2) is 0 Å². The molecule has 0 saturated carbocycles. The highest BCUT2D eigenvalue weighted by Crippen LogP contribution is 2.29. The van der Waals surface area contributed by atoms with Crippen LogP contribution in [0.3, 0.4) is 0 Å². The van der Waals surface area contributed by atoms with Crippen LogP contribution in [-0.2, 0) is 16.2 Å². The first-order valence-electron chi connectivity index (χ1n) is 6.93. The number of piperidine rings is 1. The van der Waals surface area contributed by atoms with E-state index >= 15 is 0 Å². The number of nitrogens with one attached hydrogen (secondary N) is 1. The van der Waals surface area contributed by atoms with Crippen LogP contribution < -0.4 is 5.32 Å². The Balaban J connectivity index is 2.19. The number of hydrogen-bond acceptors (Lipinski definition) is 4. The third-order valence-corrected chi connectivity index (χ3v) is 5.49. The minimum Gasteiger partial charge on any atom is -0.319 e. The van der Waals surface area contributed by atoms with E-state index in [0.29, 0.717) is 25.7 Å². The Kier molecular flexibility index (Phi) is 5.08. The van der Waals surface area contributed by atoms with Gasteiger partial charge in [0.25, 0.3) is 0 Å². The lowest BCUT2D eigenvalue weighted by atomic mass is 10.00. The van der Waals surface area contributed by atoms with E-state index in [1.165, 1.54) is 4.31 Å². The van der Waals surface area contributed by atoms with Gasteiger partial charge in [-0.15, -0.1) is 0 Å². The highest BCUT2D eigenvalue weighted by Gasteiger charge is 2.34. The highest BCUT2D eigenvalue weighted by atomic mass is 32.2. The molecule has 1 saturated heterocycles. The Labute approximate surface area is 127 Å². The van der Waals surface area contributed by atoms with Crippen LogP contribution in [0.5, 0.6) is 0 Å². The Morgan fingerprint density at radius 1 is 1.41 bits per heavy atom. The third-order valence-electron chi connectivity index (χ3n) is 3.64. The molecule has 0 spiro atoms. The molecule has 1 aromatic heterocycles. The molecule has 1 aromatic rings. The van der Waals surface area contributed by atoms with E-state index in [2.05, 4.69) is 10.3 Å². The van der Waals surface area contributed by atoms with Gasteiger partial charge in [-0.25, -0.2) is 8.42 Å². The van der Waals surface area contributed by atoms with Gasteiger partial charge >= 0.3 is 6.18 Å². The molecule has 2 rings (SSSR count). The maximum Gasteiger partial charge on any atom is 0.433 e. The van der Waals surface area contributed by atoms with Crippen LogP contribution in [0.1, 0.15) is 18.5 Å². The first-order chi connectivity index (χ1) is 10.2. The summed E-state index contributed by atoms with van der Waals surface area (Å²) in [5, 5.41) is 3.01. The van der Waals surface area contributed by atoms with Gasteiger partial charge in [0.05, 0.1) is 0 Å². The standard InChI is InChI=1S/C13H18F3N3O2S/c1-17-7-10-3-2-6-19(9-10)22(20,21)11-4-5-12(18-8-11)13(14,15)16/h4-5,8,10,17H,2-3,6-7,9H2,1H3. The lowest BCUT2D eigenvalue weighted by Gasteiger charge is -2.31. The van der Waals surface area contributed by atoms with E-state index in [9.17, 15) is 21.6 Å². The molecule has 1 unspecified atom stereocenters. The van der Waals surface area contributed by atoms with Gasteiger partial charge in [-0.1, -0.05) is 0 Å². The van der Waals surface area contributed by atoms with Gasteiger partial charge in [0.1, 0.15) is 10.6 Å². The molecular formula is C13H18F3N3O2S. The average Bonchev–Trinajstić information content (AvgIpc) is 2.47. The molecule has 9 heteroatoms. The fourth-order valence-electron chi connectivity index (χ4n) is 2.55. The lowest BCUT2D eigenvalue weighted by molar-refractivity contribution is -0.141. The summed E-state index contributed by atoms with van der Waals surface area (Å²) < 4.78 is 63.7. The molecule has 124 valence electrons. The summed E-state index contributed by atoms with van der Waals surface area (Å²) in [5.74, 6) is 0.205. The number of sulfonamides is 1. The summed E-state index contributed by atoms with van der Waals surface area (Å²) in [6.07, 6.45) is -2.14. The van der Waals surface area contributed by atoms with Gasteiger partial charge in [0.2, 0.25) is 10.0 Å². The minimum absolute atomic E-state index is 0.203. The molecular weight excluding hydrogens is 319 g/mol. The molecule has 2 heterocycles. The first kappa shape index (κ1) is 17.2. The number of hydrogen-bond donors (Lipinski definition) is 1. The second kappa shape index (κ2) is 6.51. The topological polar surface area (TPSA) is 62.3 Å². The van der Waals surface area contributed by atoms with Crippen molar-refractivity contribution in [2.24, 2.45) is 5.92 Å². The Morgan fingerprint density at radius 3 is 2.68 bits per heavy atom. The van der Waals surface area contributed by atoms with E-state index in [4.69, 9.17) is 0 Å². The quantitative estimate of drug-likeness (QED) is 0.909. The largest absolute Gasteiger partial charge is 0.433 e. The first-order valence-corrected chi connectivity index (χ1v) is 8.37. The second-order valence-electron chi connectivity index (χ2n) is 5.31. The zero-order valence-corrected chi connectivity index (χ0v) is 12.9. The Hall–Kier alpha value is -1.19. The monoisotopic (exact) mass is 337 g/mol. The molecule has 0 radical (unpaired) electrons. The summed E-state index contributed by atoms with van der Waals surface area (Å²) >= 11 is 0. The predicted octanol–water partition coefficient (Wildman–Crippen LogP) is 1.72. The van der Waals surface area contributed by atoms with Crippen LogP contribution in [0.15, 0.2) is 23.2 Å². The summed E-state index contributed by atoms with van der Waals surface area (Å²) in [5.41, 5.74) is -1.10. The van der Waals surface area contributed by atoms with Crippen molar-refractivity contribution in [3.8, 4) is 0 Å². The molecule has 1 fully saturated rings. The van der Waals surface area contributed by atoms with Gasteiger partial charge in [-0.3, -0.25) is 4.98 Å². The van der Waals surface area contributed by atoms with Crippen molar-refractivity contribution in [1.82, 2.24) is 14.6 Å². The van der Waals surface area contributed by atoms with Crippen molar-refractivity contribution in [2.75, 3.05) is 26.7 Å². The Bertz CT molecular complexity index is 600. The fourth-order valence-corrected chi connectivity index (χ4v) is 4.05. The van der Waals surface area contributed by atoms with Crippen LogP contribution in [0.25, 0.3) is 0 Å². The smallest absolute Gasteiger partial charge is 0.319 e. The average molecular weight is 337 g/mol. The molecule has 0 aliphatic carbocycles. The van der Waals surface area contributed by atoms with E-state index in [0.717, 1.165) is 25.1 Å². The summed E-state index contributed by atoms with van der Waals surface area (Å²) in [6.45, 7) is 1.45. The maximum atomic E-state index is 12.5. The van der Waals surface area contributed by atoms with Crippen molar-refractivity contribution >= 4 is 10.0 Å². The molecule has 22 heavy (non-hydrogen) atoms. The van der Waals surface area contributed by atoms with Crippen molar-refractivity contribution in [3.63, 3.8) is 0 Å². The number of nitrogens with zero attached hydrogens (tertiary/aromatic N) is 2. The Morgan fingerprint density at radius 2 is 2.14 bits per heavy atom. The molecule has 1 aliphatic heterocycles. The molecule has 0 aromatic carbocycles. The van der Waals surface area contributed by atoms with Crippen LogP contribution in [0.2, 0.25) is 0 Å². The van der Waals surface area contributed by atoms with Gasteiger partial charge < -0.3 is 5.32 Å². The number of halogens is 3. The zero-order chi connectivity index (χ0) is 16.4. The normalized spacial score (nSPS) is 21.0. The SMILES string of the molecule is CNCC1CCCN(S(=O)(=O)c2ccc(C(F)(F)F)nc2)C1. The summed E-state index contributed by atoms with van der Waals surface area (Å²) in [4.78, 5) is 3.02. The third kappa shape index (κ3) is 3.76. The van der Waals surface area contributed by atoms with E-state index in [1.807, 2.05) is 0 Å². The number of pyridine rings is 1. The van der Waals surface area contributed by atoms with Crippen molar-refractivity contribution in [3.05, 3.63) is 24.0 Å². The van der Waals surface area contributed by atoms with E-state index in [1.54, 1.807) is 7.05 Å². The maximum absolute atomic E-state index is 12.5. The van der Waals surface area contributed by atoms with Crippen LogP contribution >= 0.6 is 0 Å². The van der Waals surface area contributed by atoms with E-state index in [-0.39, 0.29) is 10.8 Å². The van der Waals surface area contributed by atoms with Crippen LogP contribution in [0.4, 0.5) is 13.2 Å². The van der Waals surface area contributed by atoms with Crippen molar-refractivity contribution < 1.29 is 21.6 Å². The highest BCUT2D eigenvalue weighted by molar-refractivity contribution is 7.89. The summed E-state index contributed by atoms with van der Waals surface area (Å²) in [6, 6.07) is 1.66.